The van der Waals surface area contributed by atoms with Crippen LogP contribution in [0.1, 0.15) is 30.4 Å². The van der Waals surface area contributed by atoms with Crippen molar-refractivity contribution < 1.29 is 53.4 Å². The second kappa shape index (κ2) is 14.0. The van der Waals surface area contributed by atoms with Crippen molar-refractivity contribution in [2.45, 2.75) is 43.6 Å². The summed E-state index contributed by atoms with van der Waals surface area (Å²) in [6.45, 7) is 0.240. The zero-order chi connectivity index (χ0) is 31.9. The number of carboxylic acid groups (broad SMARTS) is 3. The molecule has 0 spiro atoms. The van der Waals surface area contributed by atoms with Gasteiger partial charge in [0.25, 0.3) is 5.91 Å². The molecule has 1 heterocycles. The smallest absolute Gasteiger partial charge is 0.377 e. The number of para-hydroxylation sites is 1. The van der Waals surface area contributed by atoms with Crippen LogP contribution in [-0.2, 0) is 35.1 Å². The monoisotopic (exact) mass is 607 g/mol. The number of carbonyl (C=O) groups is 4. The fourth-order valence-electron chi connectivity index (χ4n) is 5.14. The van der Waals surface area contributed by atoms with E-state index >= 15 is 0 Å². The predicted octanol–water partition coefficient (Wildman–Crippen LogP) is 3.79. The Morgan fingerprint density at radius 1 is 0.932 bits per heavy atom. The number of benzene rings is 3. The van der Waals surface area contributed by atoms with Crippen LogP contribution in [0.15, 0.2) is 78.9 Å². The van der Waals surface area contributed by atoms with Crippen molar-refractivity contribution in [2.24, 2.45) is 0 Å². The lowest BCUT2D eigenvalue weighted by Gasteiger charge is -2.35. The van der Waals surface area contributed by atoms with Crippen LogP contribution in [-0.4, -0.2) is 82.2 Å². The third-order valence-corrected chi connectivity index (χ3v) is 7.42. The lowest BCUT2D eigenvalue weighted by Crippen LogP contribution is -2.52. The minimum absolute atomic E-state index is 0.416. The summed E-state index contributed by atoms with van der Waals surface area (Å²) in [6.07, 6.45) is -0.595. The van der Waals surface area contributed by atoms with Gasteiger partial charge in [-0.25, -0.2) is 9.59 Å². The highest BCUT2D eigenvalue weighted by atomic mass is 16.8. The Hall–Kier alpha value is -4.94. The SMILES string of the molecule is COc1cc([C@@H](CCc2ccccc2)[C@@H](C)N(CC(=O)O)C(=O)[C@@H]2COC(C(=O)O)(C(=O)O)O2)ccc1Oc1ccccc1. The molecule has 232 valence electrons. The Labute approximate surface area is 253 Å². The Morgan fingerprint density at radius 2 is 1.57 bits per heavy atom. The average molecular weight is 608 g/mol. The molecule has 0 radical (unpaired) electrons. The Morgan fingerprint density at radius 3 is 2.14 bits per heavy atom. The van der Waals surface area contributed by atoms with Crippen LogP contribution in [0.25, 0.3) is 0 Å². The number of carboxylic acids is 3. The molecule has 0 unspecified atom stereocenters. The molecular weight excluding hydrogens is 574 g/mol. The molecule has 3 atom stereocenters. The summed E-state index contributed by atoms with van der Waals surface area (Å²) in [5, 5.41) is 28.6. The molecule has 44 heavy (non-hydrogen) atoms. The maximum atomic E-state index is 13.7. The van der Waals surface area contributed by atoms with E-state index in [0.717, 1.165) is 16.0 Å². The molecule has 1 saturated heterocycles. The van der Waals surface area contributed by atoms with Gasteiger partial charge in [-0.05, 0) is 55.2 Å². The summed E-state index contributed by atoms with van der Waals surface area (Å²) in [4.78, 5) is 50.0. The maximum absolute atomic E-state index is 13.7. The first-order valence-electron chi connectivity index (χ1n) is 13.8. The number of ether oxygens (including phenoxy) is 4. The van der Waals surface area contributed by atoms with Crippen LogP contribution >= 0.6 is 0 Å². The first-order chi connectivity index (χ1) is 21.1. The minimum atomic E-state index is -3.08. The number of methoxy groups -OCH3 is 1. The topological polar surface area (TPSA) is 169 Å². The minimum Gasteiger partial charge on any atom is -0.493 e. The van der Waals surface area contributed by atoms with Crippen LogP contribution in [0, 0.1) is 0 Å². The highest BCUT2D eigenvalue weighted by Crippen LogP contribution is 2.38. The molecule has 0 aromatic heterocycles. The molecule has 12 heteroatoms. The number of rotatable bonds is 14. The van der Waals surface area contributed by atoms with Crippen LogP contribution in [0.5, 0.6) is 17.2 Å². The second-order valence-electron chi connectivity index (χ2n) is 10.2. The summed E-state index contributed by atoms with van der Waals surface area (Å²) >= 11 is 0. The average Bonchev–Trinajstić information content (AvgIpc) is 3.49. The van der Waals surface area contributed by atoms with E-state index in [9.17, 15) is 34.5 Å². The number of aliphatic carboxylic acids is 3. The lowest BCUT2D eigenvalue weighted by molar-refractivity contribution is -0.218. The molecule has 1 fully saturated rings. The van der Waals surface area contributed by atoms with Gasteiger partial charge in [-0.3, -0.25) is 9.59 Å². The molecule has 3 aromatic rings. The van der Waals surface area contributed by atoms with Gasteiger partial charge >= 0.3 is 23.7 Å². The molecular formula is C32H33NO11. The lowest BCUT2D eigenvalue weighted by atomic mass is 9.85. The third kappa shape index (κ3) is 7.16. The van der Waals surface area contributed by atoms with Crippen molar-refractivity contribution >= 4 is 23.8 Å². The van der Waals surface area contributed by atoms with E-state index in [0.29, 0.717) is 30.1 Å². The molecule has 0 saturated carbocycles. The predicted molar refractivity (Wildman–Crippen MR) is 155 cm³/mol. The van der Waals surface area contributed by atoms with Gasteiger partial charge in [-0.1, -0.05) is 54.6 Å². The molecule has 0 aliphatic carbocycles. The number of carbonyl (C=O) groups excluding carboxylic acids is 1. The van der Waals surface area contributed by atoms with E-state index in [1.54, 1.807) is 31.2 Å². The van der Waals surface area contributed by atoms with E-state index in [1.165, 1.54) is 7.11 Å². The molecule has 1 amide bonds. The molecule has 3 aromatic carbocycles. The Kier molecular flexibility index (Phi) is 10.2. The van der Waals surface area contributed by atoms with Gasteiger partial charge in [-0.2, -0.15) is 0 Å². The van der Waals surface area contributed by atoms with Gasteiger partial charge in [0.05, 0.1) is 13.7 Å². The summed E-state index contributed by atoms with van der Waals surface area (Å²) in [6, 6.07) is 23.3. The van der Waals surface area contributed by atoms with Crippen molar-refractivity contribution in [1.29, 1.82) is 0 Å². The first kappa shape index (κ1) is 32.0. The quantitative estimate of drug-likeness (QED) is 0.228. The molecule has 0 bridgehead atoms. The van der Waals surface area contributed by atoms with Crippen LogP contribution in [0.4, 0.5) is 0 Å². The zero-order valence-electron chi connectivity index (χ0n) is 24.1. The van der Waals surface area contributed by atoms with Crippen LogP contribution in [0.2, 0.25) is 0 Å². The number of hydrogen-bond acceptors (Lipinski definition) is 8. The highest BCUT2D eigenvalue weighted by molar-refractivity contribution is 6.01. The number of hydrogen-bond donors (Lipinski definition) is 3. The fraction of sp³-hybridized carbons (Fsp3) is 0.312. The normalized spacial score (nSPS) is 16.8. The zero-order valence-corrected chi connectivity index (χ0v) is 24.1. The molecule has 3 N–H and O–H groups in total. The number of amides is 1. The van der Waals surface area contributed by atoms with Crippen LogP contribution < -0.4 is 9.47 Å². The third-order valence-electron chi connectivity index (χ3n) is 7.42. The van der Waals surface area contributed by atoms with Crippen LogP contribution in [0.3, 0.4) is 0 Å². The van der Waals surface area contributed by atoms with Crippen molar-refractivity contribution in [2.75, 3.05) is 20.3 Å². The van der Waals surface area contributed by atoms with Gasteiger partial charge in [0, 0.05) is 12.0 Å². The summed E-state index contributed by atoms with van der Waals surface area (Å²) in [5.41, 5.74) is 1.75. The van der Waals surface area contributed by atoms with Crippen molar-refractivity contribution in [3.8, 4) is 17.2 Å². The summed E-state index contributed by atoms with van der Waals surface area (Å²) < 4.78 is 21.7. The van der Waals surface area contributed by atoms with Crippen molar-refractivity contribution in [1.82, 2.24) is 4.90 Å². The van der Waals surface area contributed by atoms with Gasteiger partial charge in [-0.15, -0.1) is 0 Å². The maximum Gasteiger partial charge on any atom is 0.377 e. The van der Waals surface area contributed by atoms with E-state index < -0.39 is 60.8 Å². The molecule has 4 rings (SSSR count). The second-order valence-corrected chi connectivity index (χ2v) is 10.2. The fourth-order valence-corrected chi connectivity index (χ4v) is 5.14. The van der Waals surface area contributed by atoms with Crippen molar-refractivity contribution in [3.05, 3.63) is 90.0 Å². The van der Waals surface area contributed by atoms with E-state index in [1.807, 2.05) is 54.6 Å². The van der Waals surface area contributed by atoms with Crippen molar-refractivity contribution in [3.63, 3.8) is 0 Å². The van der Waals surface area contributed by atoms with Gasteiger partial charge in [0.15, 0.2) is 17.6 Å². The van der Waals surface area contributed by atoms with Gasteiger partial charge in [0.2, 0.25) is 0 Å². The standard InChI is InChI=1S/C32H33NO11/c1-20(33(18-28(34)35)29(36)27-19-42-32(44-27,30(37)38)31(39)40)24(15-13-21-9-5-3-6-10-21)22-14-16-25(26(17-22)41-2)43-23-11-7-4-8-12-23/h3-12,14,16-17,20,24,27H,13,15,18-19H2,1-2H3,(H,34,35)(H,37,38)(H,39,40)/t20-,24+,27+/m1/s1. The van der Waals surface area contributed by atoms with E-state index in [4.69, 9.17) is 18.9 Å². The largest absolute Gasteiger partial charge is 0.493 e. The number of aryl methyl sites for hydroxylation is 1. The van der Waals surface area contributed by atoms with E-state index in [2.05, 4.69) is 0 Å². The summed E-state index contributed by atoms with van der Waals surface area (Å²) in [5.74, 6) is -8.18. The number of nitrogens with zero attached hydrogens (tertiary/aromatic N) is 1. The van der Waals surface area contributed by atoms with Gasteiger partial charge < -0.3 is 39.2 Å². The molecule has 1 aliphatic heterocycles. The van der Waals surface area contributed by atoms with Gasteiger partial charge in [0.1, 0.15) is 12.3 Å². The molecule has 12 nitrogen and oxygen atoms in total. The Balaban J connectivity index is 1.68. The highest BCUT2D eigenvalue weighted by Gasteiger charge is 2.58. The first-order valence-corrected chi connectivity index (χ1v) is 13.8. The Bertz CT molecular complexity index is 1460. The molecule has 1 aliphatic rings. The van der Waals surface area contributed by atoms with E-state index in [-0.39, 0.29) is 0 Å². The summed E-state index contributed by atoms with van der Waals surface area (Å²) in [7, 11) is 1.49.